The molecule has 29 heavy (non-hydrogen) atoms. The lowest BCUT2D eigenvalue weighted by Gasteiger charge is -2.35. The molecule has 1 saturated heterocycles. The molecule has 1 aliphatic rings. The molecule has 0 bridgehead atoms. The van der Waals surface area contributed by atoms with E-state index in [1.807, 2.05) is 36.1 Å². The number of aryl methyl sites for hydroxylation is 2. The quantitative estimate of drug-likeness (QED) is 0.617. The molecule has 7 nitrogen and oxygen atoms in total. The summed E-state index contributed by atoms with van der Waals surface area (Å²) in [5.41, 5.74) is 1.57. The maximum Gasteiger partial charge on any atom is 0.261 e. The molecule has 2 aromatic heterocycles. The average molecular weight is 412 g/mol. The summed E-state index contributed by atoms with van der Waals surface area (Å²) in [6, 6.07) is 11.1. The molecule has 1 aliphatic heterocycles. The highest BCUT2D eigenvalue weighted by Gasteiger charge is 2.22. The number of amides is 1. The molecule has 150 valence electrons. The lowest BCUT2D eigenvalue weighted by atomic mass is 10.1. The second-order valence-corrected chi connectivity index (χ2v) is 7.54. The van der Waals surface area contributed by atoms with Gasteiger partial charge in [-0.3, -0.25) is 14.2 Å². The van der Waals surface area contributed by atoms with Gasteiger partial charge in [0.25, 0.3) is 5.56 Å². The second kappa shape index (κ2) is 8.21. The zero-order valence-electron chi connectivity index (χ0n) is 16.2. The van der Waals surface area contributed by atoms with Crippen LogP contribution in [0, 0.1) is 6.92 Å². The Morgan fingerprint density at radius 1 is 1.10 bits per heavy atom. The highest BCUT2D eigenvalue weighted by molar-refractivity contribution is 6.29. The summed E-state index contributed by atoms with van der Waals surface area (Å²) in [7, 11) is 0. The van der Waals surface area contributed by atoms with Gasteiger partial charge in [-0.2, -0.15) is 0 Å². The van der Waals surface area contributed by atoms with E-state index < -0.39 is 0 Å². The van der Waals surface area contributed by atoms with Crippen molar-refractivity contribution in [1.29, 1.82) is 0 Å². The van der Waals surface area contributed by atoms with Gasteiger partial charge >= 0.3 is 0 Å². The first kappa shape index (κ1) is 19.4. The molecule has 0 atom stereocenters. The number of nitrogens with zero attached hydrogens (tertiary/aromatic N) is 5. The molecular weight excluding hydrogens is 390 g/mol. The van der Waals surface area contributed by atoms with E-state index >= 15 is 0 Å². The Kier molecular flexibility index (Phi) is 5.49. The summed E-state index contributed by atoms with van der Waals surface area (Å²) in [4.78, 5) is 38.0. The van der Waals surface area contributed by atoms with Gasteiger partial charge in [-0.25, -0.2) is 9.97 Å². The number of benzene rings is 1. The molecular formula is C21H22ClN5O2. The number of carbonyl (C=O) groups excluding carboxylic acids is 1. The Balaban J connectivity index is 1.37. The van der Waals surface area contributed by atoms with Crippen LogP contribution in [0.15, 0.2) is 47.5 Å². The zero-order chi connectivity index (χ0) is 20.4. The van der Waals surface area contributed by atoms with E-state index in [1.54, 1.807) is 12.1 Å². The van der Waals surface area contributed by atoms with Crippen molar-refractivity contribution in [1.82, 2.24) is 19.4 Å². The monoisotopic (exact) mass is 411 g/mol. The van der Waals surface area contributed by atoms with Crippen molar-refractivity contribution in [2.45, 2.75) is 19.9 Å². The Bertz CT molecular complexity index is 1110. The Morgan fingerprint density at radius 2 is 1.86 bits per heavy atom. The van der Waals surface area contributed by atoms with Crippen LogP contribution in [0.4, 0.5) is 5.82 Å². The summed E-state index contributed by atoms with van der Waals surface area (Å²) >= 11 is 5.97. The molecule has 0 radical (unpaired) electrons. The molecule has 0 spiro atoms. The summed E-state index contributed by atoms with van der Waals surface area (Å²) in [6.07, 6.45) is 1.81. The minimum absolute atomic E-state index is 0.0416. The predicted molar refractivity (Wildman–Crippen MR) is 113 cm³/mol. The number of rotatable bonds is 4. The molecule has 8 heteroatoms. The number of piperazine rings is 1. The molecule has 0 N–H and O–H groups in total. The van der Waals surface area contributed by atoms with Crippen molar-refractivity contribution < 1.29 is 4.79 Å². The van der Waals surface area contributed by atoms with Crippen LogP contribution >= 0.6 is 11.6 Å². The highest BCUT2D eigenvalue weighted by atomic mass is 35.5. The van der Waals surface area contributed by atoms with Crippen molar-refractivity contribution in [2.24, 2.45) is 0 Å². The van der Waals surface area contributed by atoms with Crippen molar-refractivity contribution in [3.63, 3.8) is 0 Å². The Morgan fingerprint density at radius 3 is 2.62 bits per heavy atom. The van der Waals surface area contributed by atoms with Crippen LogP contribution in [-0.4, -0.2) is 51.5 Å². The van der Waals surface area contributed by atoms with Crippen molar-refractivity contribution in [3.05, 3.63) is 63.8 Å². The molecule has 0 aliphatic carbocycles. The number of pyridine rings is 1. The maximum atomic E-state index is 12.7. The maximum absolute atomic E-state index is 12.7. The average Bonchev–Trinajstić information content (AvgIpc) is 2.74. The molecule has 0 saturated carbocycles. The van der Waals surface area contributed by atoms with Gasteiger partial charge in [0.2, 0.25) is 5.91 Å². The van der Waals surface area contributed by atoms with Crippen molar-refractivity contribution in [2.75, 3.05) is 31.1 Å². The number of halogens is 1. The summed E-state index contributed by atoms with van der Waals surface area (Å²) in [5, 5.41) is 1.05. The SMILES string of the molecule is Cc1cccc2c(=O)n(CCC(=O)N3CCN(c4cccc(Cl)n4)CC3)cnc12. The lowest BCUT2D eigenvalue weighted by molar-refractivity contribution is -0.131. The third kappa shape index (κ3) is 4.10. The largest absolute Gasteiger partial charge is 0.353 e. The number of hydrogen-bond donors (Lipinski definition) is 0. The minimum Gasteiger partial charge on any atom is -0.353 e. The summed E-state index contributed by atoms with van der Waals surface area (Å²) < 4.78 is 1.52. The smallest absolute Gasteiger partial charge is 0.261 e. The van der Waals surface area contributed by atoms with Crippen LogP contribution in [0.5, 0.6) is 0 Å². The molecule has 1 amide bonds. The fraction of sp³-hybridized carbons (Fsp3) is 0.333. The van der Waals surface area contributed by atoms with Crippen molar-refractivity contribution in [3.8, 4) is 0 Å². The van der Waals surface area contributed by atoms with Crippen LogP contribution in [0.25, 0.3) is 10.9 Å². The summed E-state index contributed by atoms with van der Waals surface area (Å²) in [6.45, 7) is 4.91. The number of carbonyl (C=O) groups is 1. The van der Waals surface area contributed by atoms with Gasteiger partial charge in [0, 0.05) is 39.1 Å². The van der Waals surface area contributed by atoms with Gasteiger partial charge in [-0.15, -0.1) is 0 Å². The molecule has 3 aromatic rings. The van der Waals surface area contributed by atoms with Gasteiger partial charge < -0.3 is 9.80 Å². The van der Waals surface area contributed by atoms with Gasteiger partial charge in [0.05, 0.1) is 17.2 Å². The number of anilines is 1. The van der Waals surface area contributed by atoms with E-state index in [9.17, 15) is 9.59 Å². The van der Waals surface area contributed by atoms with Gasteiger partial charge in [-0.05, 0) is 30.7 Å². The van der Waals surface area contributed by atoms with E-state index in [2.05, 4.69) is 14.9 Å². The third-order valence-corrected chi connectivity index (χ3v) is 5.49. The first-order chi connectivity index (χ1) is 14.0. The minimum atomic E-state index is -0.108. The Labute approximate surface area is 173 Å². The van der Waals surface area contributed by atoms with E-state index in [0.717, 1.165) is 11.4 Å². The number of aromatic nitrogens is 3. The van der Waals surface area contributed by atoms with Crippen LogP contribution in [-0.2, 0) is 11.3 Å². The van der Waals surface area contributed by atoms with Gasteiger partial charge in [-0.1, -0.05) is 29.8 Å². The van der Waals surface area contributed by atoms with E-state index in [-0.39, 0.29) is 17.9 Å². The number of para-hydroxylation sites is 1. The van der Waals surface area contributed by atoms with Crippen LogP contribution < -0.4 is 10.5 Å². The van der Waals surface area contributed by atoms with E-state index in [1.165, 1.54) is 10.9 Å². The van der Waals surface area contributed by atoms with Gasteiger partial charge in [0.15, 0.2) is 0 Å². The van der Waals surface area contributed by atoms with Crippen LogP contribution in [0.3, 0.4) is 0 Å². The molecule has 0 unspecified atom stereocenters. The third-order valence-electron chi connectivity index (χ3n) is 5.28. The van der Waals surface area contributed by atoms with Crippen molar-refractivity contribution >= 4 is 34.2 Å². The number of hydrogen-bond acceptors (Lipinski definition) is 5. The fourth-order valence-corrected chi connectivity index (χ4v) is 3.79. The highest BCUT2D eigenvalue weighted by Crippen LogP contribution is 2.17. The molecule has 3 heterocycles. The normalized spacial score (nSPS) is 14.4. The zero-order valence-corrected chi connectivity index (χ0v) is 17.0. The topological polar surface area (TPSA) is 71.3 Å². The Hall–Kier alpha value is -2.93. The molecule has 1 fully saturated rings. The first-order valence-electron chi connectivity index (χ1n) is 9.63. The predicted octanol–water partition coefficient (Wildman–Crippen LogP) is 2.49. The molecule has 4 rings (SSSR count). The second-order valence-electron chi connectivity index (χ2n) is 7.15. The first-order valence-corrected chi connectivity index (χ1v) is 10.0. The van der Waals surface area contributed by atoms with Gasteiger partial charge in [0.1, 0.15) is 11.0 Å². The standard InChI is InChI=1S/C21H22ClN5O2/c1-15-4-2-5-16-20(15)23-14-27(21(16)29)9-8-19(28)26-12-10-25(11-13-26)18-7-3-6-17(22)24-18/h2-7,14H,8-13H2,1H3. The van der Waals surface area contributed by atoms with Crippen LogP contribution in [0.2, 0.25) is 5.15 Å². The van der Waals surface area contributed by atoms with E-state index in [0.29, 0.717) is 48.8 Å². The summed E-state index contributed by atoms with van der Waals surface area (Å²) in [5.74, 6) is 0.869. The van der Waals surface area contributed by atoms with Crippen LogP contribution in [0.1, 0.15) is 12.0 Å². The number of fused-ring (bicyclic) bond motifs is 1. The molecule has 1 aromatic carbocycles. The lowest BCUT2D eigenvalue weighted by Crippen LogP contribution is -2.49. The van der Waals surface area contributed by atoms with E-state index in [4.69, 9.17) is 11.6 Å². The fourth-order valence-electron chi connectivity index (χ4n) is 3.63.